The third-order valence-corrected chi connectivity index (χ3v) is 4.76. The molecule has 5 heteroatoms. The number of benzene rings is 1. The van der Waals surface area contributed by atoms with Crippen LogP contribution in [0.2, 0.25) is 0 Å². The van der Waals surface area contributed by atoms with Gasteiger partial charge in [0, 0.05) is 24.4 Å². The van der Waals surface area contributed by atoms with E-state index in [4.69, 9.17) is 0 Å². The molecular weight excluding hydrogens is 290 g/mol. The molecule has 1 fully saturated rings. The number of hydrogen-bond acceptors (Lipinski definition) is 3. The third-order valence-electron chi connectivity index (χ3n) is 4.76. The molecule has 1 aromatic heterocycles. The second-order valence-corrected chi connectivity index (χ2v) is 6.58. The SMILES string of the molecule is Cc1ccc(C(=O)N[C@H](c2cnn(C)c2)C2CC(O)C2)cc1C. The molecule has 1 aliphatic carbocycles. The van der Waals surface area contributed by atoms with E-state index in [1.807, 2.05) is 45.3 Å². The highest BCUT2D eigenvalue weighted by atomic mass is 16.3. The van der Waals surface area contributed by atoms with Crippen molar-refractivity contribution in [3.8, 4) is 0 Å². The molecule has 3 rings (SSSR count). The van der Waals surface area contributed by atoms with Crippen LogP contribution in [0, 0.1) is 19.8 Å². The van der Waals surface area contributed by atoms with Crippen molar-refractivity contribution in [2.75, 3.05) is 0 Å². The zero-order chi connectivity index (χ0) is 16.6. The van der Waals surface area contributed by atoms with Crippen molar-refractivity contribution < 1.29 is 9.90 Å². The number of aryl methyl sites for hydroxylation is 3. The Morgan fingerprint density at radius 3 is 2.65 bits per heavy atom. The van der Waals surface area contributed by atoms with Gasteiger partial charge in [0.1, 0.15) is 0 Å². The fraction of sp³-hybridized carbons (Fsp3) is 0.444. The summed E-state index contributed by atoms with van der Waals surface area (Å²) in [6.45, 7) is 4.04. The summed E-state index contributed by atoms with van der Waals surface area (Å²) in [6, 6.07) is 5.63. The van der Waals surface area contributed by atoms with Crippen LogP contribution in [-0.4, -0.2) is 26.9 Å². The molecular formula is C18H23N3O2. The molecule has 0 saturated heterocycles. The third kappa shape index (κ3) is 3.29. The van der Waals surface area contributed by atoms with Crippen molar-refractivity contribution in [1.29, 1.82) is 0 Å². The summed E-state index contributed by atoms with van der Waals surface area (Å²) >= 11 is 0. The van der Waals surface area contributed by atoms with E-state index >= 15 is 0 Å². The van der Waals surface area contributed by atoms with Crippen LogP contribution in [0.5, 0.6) is 0 Å². The average molecular weight is 313 g/mol. The van der Waals surface area contributed by atoms with E-state index in [0.29, 0.717) is 18.4 Å². The quantitative estimate of drug-likeness (QED) is 0.910. The van der Waals surface area contributed by atoms with Gasteiger partial charge in [0.05, 0.1) is 18.3 Å². The number of aliphatic hydroxyl groups excluding tert-OH is 1. The first-order chi connectivity index (χ1) is 10.9. The monoisotopic (exact) mass is 313 g/mol. The van der Waals surface area contributed by atoms with Crippen LogP contribution in [0.3, 0.4) is 0 Å². The Morgan fingerprint density at radius 1 is 1.35 bits per heavy atom. The van der Waals surface area contributed by atoms with Gasteiger partial charge >= 0.3 is 0 Å². The van der Waals surface area contributed by atoms with Crippen LogP contribution in [0.1, 0.15) is 45.9 Å². The molecule has 1 atom stereocenters. The lowest BCUT2D eigenvalue weighted by molar-refractivity contribution is 0.0235. The zero-order valence-electron chi connectivity index (χ0n) is 13.8. The highest BCUT2D eigenvalue weighted by Crippen LogP contribution is 2.38. The Morgan fingerprint density at radius 2 is 2.09 bits per heavy atom. The van der Waals surface area contributed by atoms with Gasteiger partial charge < -0.3 is 10.4 Å². The van der Waals surface area contributed by atoms with Crippen LogP contribution >= 0.6 is 0 Å². The molecule has 5 nitrogen and oxygen atoms in total. The lowest BCUT2D eigenvalue weighted by Gasteiger charge is -2.37. The summed E-state index contributed by atoms with van der Waals surface area (Å²) in [4.78, 5) is 12.6. The van der Waals surface area contributed by atoms with E-state index in [9.17, 15) is 9.90 Å². The minimum Gasteiger partial charge on any atom is -0.393 e. The predicted molar refractivity (Wildman–Crippen MR) is 88.1 cm³/mol. The van der Waals surface area contributed by atoms with Crippen LogP contribution in [-0.2, 0) is 7.05 Å². The topological polar surface area (TPSA) is 67.2 Å². The smallest absolute Gasteiger partial charge is 0.251 e. The second-order valence-electron chi connectivity index (χ2n) is 6.58. The van der Waals surface area contributed by atoms with Gasteiger partial charge in [-0.15, -0.1) is 0 Å². The van der Waals surface area contributed by atoms with Gasteiger partial charge in [0.2, 0.25) is 0 Å². The first-order valence-corrected chi connectivity index (χ1v) is 7.98. The van der Waals surface area contributed by atoms with Crippen molar-refractivity contribution in [2.45, 2.75) is 38.8 Å². The Balaban J connectivity index is 1.80. The number of hydrogen-bond donors (Lipinski definition) is 2. The van der Waals surface area contributed by atoms with Crippen LogP contribution in [0.25, 0.3) is 0 Å². The maximum atomic E-state index is 12.6. The molecule has 0 bridgehead atoms. The zero-order valence-corrected chi connectivity index (χ0v) is 13.8. The van der Waals surface area contributed by atoms with Gasteiger partial charge in [-0.25, -0.2) is 0 Å². The Kier molecular flexibility index (Phi) is 4.22. The first kappa shape index (κ1) is 15.7. The molecule has 23 heavy (non-hydrogen) atoms. The number of amides is 1. The Hall–Kier alpha value is -2.14. The largest absolute Gasteiger partial charge is 0.393 e. The van der Waals surface area contributed by atoms with Crippen molar-refractivity contribution >= 4 is 5.91 Å². The summed E-state index contributed by atoms with van der Waals surface area (Å²) in [7, 11) is 1.86. The predicted octanol–water partition coefficient (Wildman–Crippen LogP) is 2.28. The van der Waals surface area contributed by atoms with Gasteiger partial charge in [-0.05, 0) is 55.9 Å². The van der Waals surface area contributed by atoms with Crippen LogP contribution in [0.15, 0.2) is 30.6 Å². The summed E-state index contributed by atoms with van der Waals surface area (Å²) in [5.41, 5.74) is 3.94. The van der Waals surface area contributed by atoms with E-state index in [-0.39, 0.29) is 24.0 Å². The van der Waals surface area contributed by atoms with Crippen molar-refractivity contribution in [3.05, 3.63) is 52.8 Å². The summed E-state index contributed by atoms with van der Waals surface area (Å²) < 4.78 is 1.74. The molecule has 122 valence electrons. The van der Waals surface area contributed by atoms with Crippen LogP contribution < -0.4 is 5.32 Å². The summed E-state index contributed by atoms with van der Waals surface area (Å²) in [5, 5.41) is 16.9. The molecule has 1 aromatic carbocycles. The number of nitrogens with one attached hydrogen (secondary N) is 1. The van der Waals surface area contributed by atoms with Crippen molar-refractivity contribution in [2.24, 2.45) is 13.0 Å². The second kappa shape index (κ2) is 6.16. The summed E-state index contributed by atoms with van der Waals surface area (Å²) in [6.07, 6.45) is 4.89. The maximum Gasteiger partial charge on any atom is 0.251 e. The van der Waals surface area contributed by atoms with E-state index in [0.717, 1.165) is 11.1 Å². The maximum absolute atomic E-state index is 12.6. The fourth-order valence-electron chi connectivity index (χ4n) is 3.08. The lowest BCUT2D eigenvalue weighted by Crippen LogP contribution is -2.41. The highest BCUT2D eigenvalue weighted by Gasteiger charge is 2.36. The normalized spacial score (nSPS) is 21.6. The number of rotatable bonds is 4. The van der Waals surface area contributed by atoms with Gasteiger partial charge in [0.15, 0.2) is 0 Å². The molecule has 2 N–H and O–H groups in total. The van der Waals surface area contributed by atoms with Gasteiger partial charge in [-0.2, -0.15) is 5.10 Å². The molecule has 1 saturated carbocycles. The molecule has 0 unspecified atom stereocenters. The Bertz CT molecular complexity index is 717. The minimum absolute atomic E-state index is 0.0802. The molecule has 2 aromatic rings. The van der Waals surface area contributed by atoms with Gasteiger partial charge in [-0.1, -0.05) is 6.07 Å². The molecule has 0 aliphatic heterocycles. The van der Waals surface area contributed by atoms with Crippen LogP contribution in [0.4, 0.5) is 0 Å². The van der Waals surface area contributed by atoms with Gasteiger partial charge in [-0.3, -0.25) is 9.48 Å². The van der Waals surface area contributed by atoms with Crippen molar-refractivity contribution in [1.82, 2.24) is 15.1 Å². The number of nitrogens with zero attached hydrogens (tertiary/aromatic N) is 2. The fourth-order valence-corrected chi connectivity index (χ4v) is 3.08. The minimum atomic E-state index is -0.252. The molecule has 1 heterocycles. The highest BCUT2D eigenvalue weighted by molar-refractivity contribution is 5.94. The molecule has 0 radical (unpaired) electrons. The molecule has 1 amide bonds. The van der Waals surface area contributed by atoms with Crippen molar-refractivity contribution in [3.63, 3.8) is 0 Å². The van der Waals surface area contributed by atoms with E-state index in [1.54, 1.807) is 10.9 Å². The Labute approximate surface area is 136 Å². The van der Waals surface area contributed by atoms with E-state index in [2.05, 4.69) is 10.4 Å². The number of aliphatic hydroxyl groups is 1. The average Bonchev–Trinajstić information content (AvgIpc) is 2.91. The molecule has 1 aliphatic rings. The van der Waals surface area contributed by atoms with E-state index < -0.39 is 0 Å². The summed E-state index contributed by atoms with van der Waals surface area (Å²) in [5.74, 6) is 0.174. The van der Waals surface area contributed by atoms with Gasteiger partial charge in [0.25, 0.3) is 5.91 Å². The first-order valence-electron chi connectivity index (χ1n) is 7.98. The number of carbonyl (C=O) groups is 1. The number of aromatic nitrogens is 2. The standard InChI is InChI=1S/C18H23N3O2/c1-11-4-5-13(6-12(11)2)18(23)20-17(14-7-16(22)8-14)15-9-19-21(3)10-15/h4-6,9-10,14,16-17,22H,7-8H2,1-3H3,(H,20,23)/t14?,16?,17-/m0/s1. The lowest BCUT2D eigenvalue weighted by atomic mass is 9.75. The molecule has 0 spiro atoms. The van der Waals surface area contributed by atoms with E-state index in [1.165, 1.54) is 5.56 Å². The number of carbonyl (C=O) groups excluding carboxylic acids is 1.